The van der Waals surface area contributed by atoms with Gasteiger partial charge in [-0.25, -0.2) is 9.50 Å². The molecule has 0 unspecified atom stereocenters. The van der Waals surface area contributed by atoms with E-state index in [0.717, 1.165) is 23.1 Å². The fraction of sp³-hybridized carbons (Fsp3) is 0.364. The average Bonchev–Trinajstić information content (AvgIpc) is 3.01. The van der Waals surface area contributed by atoms with Gasteiger partial charge in [-0.2, -0.15) is 0 Å². The van der Waals surface area contributed by atoms with Crippen LogP contribution in [-0.4, -0.2) is 20.4 Å². The van der Waals surface area contributed by atoms with E-state index in [1.54, 1.807) is 4.52 Å². The van der Waals surface area contributed by atoms with E-state index in [0.29, 0.717) is 12.2 Å². The van der Waals surface area contributed by atoms with Gasteiger partial charge in [0.25, 0.3) is 0 Å². The van der Waals surface area contributed by atoms with E-state index in [1.165, 1.54) is 0 Å². The highest BCUT2D eigenvalue weighted by atomic mass is 79.9. The van der Waals surface area contributed by atoms with Gasteiger partial charge in [0.15, 0.2) is 11.5 Å². The summed E-state index contributed by atoms with van der Waals surface area (Å²) < 4.78 is 2.55. The van der Waals surface area contributed by atoms with Gasteiger partial charge in [0.05, 0.1) is 6.42 Å². The summed E-state index contributed by atoms with van der Waals surface area (Å²) in [4.78, 5) is 16.0. The van der Waals surface area contributed by atoms with Gasteiger partial charge in [-0.05, 0) is 40.9 Å². The molecule has 4 nitrogen and oxygen atoms in total. The Balaban J connectivity index is 1.92. The molecule has 2 aromatic heterocycles. The fourth-order valence-corrected chi connectivity index (χ4v) is 2.11. The summed E-state index contributed by atoms with van der Waals surface area (Å²) in [7, 11) is 0. The third-order valence-corrected chi connectivity index (χ3v) is 3.32. The Morgan fingerprint density at radius 1 is 1.50 bits per heavy atom. The normalized spacial score (nSPS) is 15.6. The van der Waals surface area contributed by atoms with Crippen molar-refractivity contribution >= 4 is 27.4 Å². The highest BCUT2D eigenvalue weighted by Crippen LogP contribution is 2.30. The van der Waals surface area contributed by atoms with Crippen LogP contribution in [0.1, 0.15) is 18.7 Å². The number of hydrogen-bond acceptors (Lipinski definition) is 3. The van der Waals surface area contributed by atoms with E-state index in [-0.39, 0.29) is 11.7 Å². The predicted molar refractivity (Wildman–Crippen MR) is 62.1 cm³/mol. The molecule has 1 fully saturated rings. The number of carbonyl (C=O) groups excluding carboxylic acids is 1. The quantitative estimate of drug-likeness (QED) is 0.808. The van der Waals surface area contributed by atoms with Gasteiger partial charge in [0, 0.05) is 5.92 Å². The van der Waals surface area contributed by atoms with Gasteiger partial charge < -0.3 is 0 Å². The zero-order valence-corrected chi connectivity index (χ0v) is 10.1. The molecule has 16 heavy (non-hydrogen) atoms. The Kier molecular flexibility index (Phi) is 2.28. The third-order valence-electron chi connectivity index (χ3n) is 2.72. The molecule has 0 aliphatic heterocycles. The summed E-state index contributed by atoms with van der Waals surface area (Å²) in [6.07, 6.45) is 2.44. The molecule has 0 radical (unpaired) electrons. The highest BCUT2D eigenvalue weighted by molar-refractivity contribution is 9.10. The topological polar surface area (TPSA) is 47.3 Å². The number of ketones is 1. The molecule has 2 heterocycles. The zero-order chi connectivity index (χ0) is 11.1. The van der Waals surface area contributed by atoms with Crippen LogP contribution in [0.3, 0.4) is 0 Å². The van der Waals surface area contributed by atoms with Crippen LogP contribution < -0.4 is 0 Å². The molecule has 5 heteroatoms. The highest BCUT2D eigenvalue weighted by Gasteiger charge is 2.30. The first kappa shape index (κ1) is 9.96. The van der Waals surface area contributed by atoms with Crippen molar-refractivity contribution in [3.05, 3.63) is 28.6 Å². The number of pyridine rings is 1. The van der Waals surface area contributed by atoms with Crippen molar-refractivity contribution in [1.82, 2.24) is 14.6 Å². The molecule has 0 bridgehead atoms. The van der Waals surface area contributed by atoms with Gasteiger partial charge in [0.1, 0.15) is 10.4 Å². The number of aromatic nitrogens is 3. The lowest BCUT2D eigenvalue weighted by Crippen LogP contribution is -2.06. The number of Topliss-reactive ketones (excluding diaryl/α,β-unsaturated/α-hetero) is 1. The molecule has 82 valence electrons. The van der Waals surface area contributed by atoms with Gasteiger partial charge in [-0.15, -0.1) is 5.10 Å². The van der Waals surface area contributed by atoms with Crippen LogP contribution in [-0.2, 0) is 11.2 Å². The molecule has 0 amide bonds. The van der Waals surface area contributed by atoms with Crippen LogP contribution in [0.4, 0.5) is 0 Å². The largest absolute Gasteiger partial charge is 0.299 e. The first-order valence-electron chi connectivity index (χ1n) is 5.27. The third kappa shape index (κ3) is 1.75. The number of fused-ring (bicyclic) bond motifs is 1. The molecule has 1 saturated carbocycles. The van der Waals surface area contributed by atoms with Crippen molar-refractivity contribution in [2.75, 3.05) is 0 Å². The van der Waals surface area contributed by atoms with Gasteiger partial charge in [-0.3, -0.25) is 4.79 Å². The maximum absolute atomic E-state index is 11.6. The molecule has 1 aliphatic rings. The average molecular weight is 280 g/mol. The Bertz CT molecular complexity index is 559. The number of rotatable bonds is 3. The molecule has 0 atom stereocenters. The molecule has 3 rings (SSSR count). The maximum Gasteiger partial charge on any atom is 0.159 e. The standard InChI is InChI=1S/C11H10BrN3O/c12-9-2-1-3-11-13-10(14-15(9)11)6-8(16)7-4-5-7/h1-3,7H,4-6H2. The summed E-state index contributed by atoms with van der Waals surface area (Å²) in [5.74, 6) is 1.16. The minimum Gasteiger partial charge on any atom is -0.299 e. The SMILES string of the molecule is O=C(Cc1nc2cccc(Br)n2n1)C1CC1. The van der Waals surface area contributed by atoms with Crippen LogP contribution in [0, 0.1) is 5.92 Å². The molecule has 0 saturated heterocycles. The van der Waals surface area contributed by atoms with Crippen LogP contribution in [0.15, 0.2) is 22.8 Å². The summed E-state index contributed by atoms with van der Waals surface area (Å²) in [6.45, 7) is 0. The molecular formula is C11H10BrN3O. The second kappa shape index (κ2) is 3.66. The van der Waals surface area contributed by atoms with Crippen molar-refractivity contribution < 1.29 is 4.79 Å². The van der Waals surface area contributed by atoms with Gasteiger partial charge >= 0.3 is 0 Å². The van der Waals surface area contributed by atoms with Crippen molar-refractivity contribution in [1.29, 1.82) is 0 Å². The Labute approximate surface area is 101 Å². The van der Waals surface area contributed by atoms with Crippen molar-refractivity contribution in [3.63, 3.8) is 0 Å². The molecule has 0 aromatic carbocycles. The van der Waals surface area contributed by atoms with Crippen molar-refractivity contribution in [2.45, 2.75) is 19.3 Å². The van der Waals surface area contributed by atoms with E-state index in [4.69, 9.17) is 0 Å². The van der Waals surface area contributed by atoms with E-state index in [2.05, 4.69) is 26.0 Å². The number of hydrogen-bond donors (Lipinski definition) is 0. The monoisotopic (exact) mass is 279 g/mol. The summed E-state index contributed by atoms with van der Waals surface area (Å²) >= 11 is 3.39. The maximum atomic E-state index is 11.6. The number of halogens is 1. The molecular weight excluding hydrogens is 270 g/mol. The molecule has 2 aromatic rings. The Morgan fingerprint density at radius 3 is 3.00 bits per heavy atom. The zero-order valence-electron chi connectivity index (χ0n) is 8.56. The molecule has 1 aliphatic carbocycles. The lowest BCUT2D eigenvalue weighted by atomic mass is 10.2. The lowest BCUT2D eigenvalue weighted by Gasteiger charge is -1.93. The van der Waals surface area contributed by atoms with Gasteiger partial charge in [0.2, 0.25) is 0 Å². The second-order valence-electron chi connectivity index (χ2n) is 4.06. The number of nitrogens with zero attached hydrogens (tertiary/aromatic N) is 3. The Morgan fingerprint density at radius 2 is 2.31 bits per heavy atom. The summed E-state index contributed by atoms with van der Waals surface area (Å²) in [5.41, 5.74) is 0.771. The first-order chi connectivity index (χ1) is 7.74. The van der Waals surface area contributed by atoms with Crippen LogP contribution in [0.5, 0.6) is 0 Å². The van der Waals surface area contributed by atoms with Crippen molar-refractivity contribution in [2.24, 2.45) is 5.92 Å². The van der Waals surface area contributed by atoms with Crippen LogP contribution in [0.2, 0.25) is 0 Å². The first-order valence-corrected chi connectivity index (χ1v) is 6.06. The summed E-state index contributed by atoms with van der Waals surface area (Å²) in [6, 6.07) is 5.68. The lowest BCUT2D eigenvalue weighted by molar-refractivity contribution is -0.119. The van der Waals surface area contributed by atoms with E-state index >= 15 is 0 Å². The predicted octanol–water partition coefficient (Wildman–Crippen LogP) is 2.01. The fourth-order valence-electron chi connectivity index (χ4n) is 1.70. The van der Waals surface area contributed by atoms with E-state index in [1.807, 2.05) is 18.2 Å². The van der Waals surface area contributed by atoms with Crippen LogP contribution >= 0.6 is 15.9 Å². The van der Waals surface area contributed by atoms with Crippen molar-refractivity contribution in [3.8, 4) is 0 Å². The molecule has 0 N–H and O–H groups in total. The van der Waals surface area contributed by atoms with Gasteiger partial charge in [-0.1, -0.05) is 6.07 Å². The second-order valence-corrected chi connectivity index (χ2v) is 4.88. The minimum atomic E-state index is 0.270. The van der Waals surface area contributed by atoms with Crippen LogP contribution in [0.25, 0.3) is 5.65 Å². The summed E-state index contributed by atoms with van der Waals surface area (Å²) in [5, 5.41) is 4.30. The van der Waals surface area contributed by atoms with E-state index in [9.17, 15) is 4.79 Å². The smallest absolute Gasteiger partial charge is 0.159 e. The van der Waals surface area contributed by atoms with E-state index < -0.39 is 0 Å². The minimum absolute atomic E-state index is 0.270. The Hall–Kier alpha value is -1.23. The number of carbonyl (C=O) groups is 1. The molecule has 0 spiro atoms.